The van der Waals surface area contributed by atoms with Crippen LogP contribution < -0.4 is 14.8 Å². The van der Waals surface area contributed by atoms with E-state index in [2.05, 4.69) is 5.32 Å². The Balaban J connectivity index is 1.39. The SMILES string of the molecule is CN(C)C(=O)/C=C/CNCCOc1ccc(Oc2c(-c3ccc(F)cc3)sc3cc(O)ccc23)cc1. The number of likely N-dealkylation sites (N-methyl/N-ethyl adjacent to an activating group) is 1. The second kappa shape index (κ2) is 11.7. The number of fused-ring (bicyclic) bond motifs is 1. The number of phenols is 1. The molecule has 6 nitrogen and oxygen atoms in total. The molecule has 36 heavy (non-hydrogen) atoms. The van der Waals surface area contributed by atoms with Gasteiger partial charge in [-0.05, 0) is 60.2 Å². The van der Waals surface area contributed by atoms with Crippen molar-refractivity contribution in [3.63, 3.8) is 0 Å². The molecule has 0 saturated heterocycles. The average molecular weight is 507 g/mol. The van der Waals surface area contributed by atoms with Gasteiger partial charge in [0.1, 0.15) is 29.7 Å². The maximum absolute atomic E-state index is 13.5. The molecule has 0 aliphatic heterocycles. The molecule has 2 N–H and O–H groups in total. The zero-order valence-electron chi connectivity index (χ0n) is 20.0. The third kappa shape index (κ3) is 6.41. The summed E-state index contributed by atoms with van der Waals surface area (Å²) >= 11 is 1.48. The van der Waals surface area contributed by atoms with Gasteiger partial charge >= 0.3 is 0 Å². The number of halogens is 1. The Morgan fingerprint density at radius 3 is 2.50 bits per heavy atom. The minimum atomic E-state index is -0.304. The van der Waals surface area contributed by atoms with Crippen molar-refractivity contribution in [2.45, 2.75) is 0 Å². The van der Waals surface area contributed by atoms with E-state index in [-0.39, 0.29) is 17.5 Å². The monoisotopic (exact) mass is 506 g/mol. The Labute approximate surface area is 213 Å². The summed E-state index contributed by atoms with van der Waals surface area (Å²) in [6, 6.07) is 18.7. The van der Waals surface area contributed by atoms with E-state index in [1.807, 2.05) is 30.3 Å². The lowest BCUT2D eigenvalue weighted by atomic mass is 10.1. The van der Waals surface area contributed by atoms with Gasteiger partial charge in [-0.15, -0.1) is 11.3 Å². The van der Waals surface area contributed by atoms with E-state index in [1.54, 1.807) is 44.4 Å². The number of benzene rings is 3. The minimum absolute atomic E-state index is 0.0475. The number of hydrogen-bond acceptors (Lipinski definition) is 6. The Kier molecular flexibility index (Phi) is 8.20. The summed E-state index contributed by atoms with van der Waals surface area (Å²) in [6.45, 7) is 1.69. The van der Waals surface area contributed by atoms with Crippen LogP contribution in [-0.4, -0.2) is 49.7 Å². The third-order valence-corrected chi connectivity index (χ3v) is 6.47. The smallest absolute Gasteiger partial charge is 0.245 e. The topological polar surface area (TPSA) is 71.0 Å². The summed E-state index contributed by atoms with van der Waals surface area (Å²) in [5.41, 5.74) is 0.834. The molecule has 0 aliphatic carbocycles. The lowest BCUT2D eigenvalue weighted by Gasteiger charge is -2.10. The van der Waals surface area contributed by atoms with E-state index in [0.29, 0.717) is 36.9 Å². The number of hydrogen-bond donors (Lipinski definition) is 2. The first-order valence-electron chi connectivity index (χ1n) is 11.4. The van der Waals surface area contributed by atoms with Crippen LogP contribution in [-0.2, 0) is 4.79 Å². The van der Waals surface area contributed by atoms with Crippen LogP contribution in [0.1, 0.15) is 0 Å². The van der Waals surface area contributed by atoms with Crippen molar-refractivity contribution in [2.75, 3.05) is 33.8 Å². The Morgan fingerprint density at radius 1 is 1.06 bits per heavy atom. The second-order valence-electron chi connectivity index (χ2n) is 8.21. The highest BCUT2D eigenvalue weighted by Gasteiger charge is 2.17. The molecule has 0 saturated carbocycles. The first-order chi connectivity index (χ1) is 17.4. The predicted molar refractivity (Wildman–Crippen MR) is 142 cm³/mol. The molecule has 4 aromatic rings. The van der Waals surface area contributed by atoms with Crippen molar-refractivity contribution in [1.82, 2.24) is 10.2 Å². The number of carbonyl (C=O) groups excluding carboxylic acids is 1. The lowest BCUT2D eigenvalue weighted by molar-refractivity contribution is -0.123. The van der Waals surface area contributed by atoms with Crippen LogP contribution in [0.15, 0.2) is 78.9 Å². The lowest BCUT2D eigenvalue weighted by Crippen LogP contribution is -2.22. The molecule has 0 unspecified atom stereocenters. The van der Waals surface area contributed by atoms with Gasteiger partial charge in [0.15, 0.2) is 5.75 Å². The predicted octanol–water partition coefficient (Wildman–Crippen LogP) is 5.82. The molecule has 3 aromatic carbocycles. The van der Waals surface area contributed by atoms with E-state index in [9.17, 15) is 14.3 Å². The van der Waals surface area contributed by atoms with E-state index in [1.165, 1.54) is 34.4 Å². The van der Waals surface area contributed by atoms with Gasteiger partial charge in [-0.25, -0.2) is 4.39 Å². The van der Waals surface area contributed by atoms with Crippen LogP contribution >= 0.6 is 11.3 Å². The number of amides is 1. The molecule has 0 aliphatic rings. The molecule has 4 rings (SSSR count). The number of thiophene rings is 1. The molecule has 8 heteroatoms. The number of rotatable bonds is 10. The summed E-state index contributed by atoms with van der Waals surface area (Å²) in [4.78, 5) is 13.8. The van der Waals surface area contributed by atoms with Gasteiger partial charge in [-0.2, -0.15) is 0 Å². The molecule has 0 bridgehead atoms. The van der Waals surface area contributed by atoms with Crippen LogP contribution in [0.5, 0.6) is 23.0 Å². The van der Waals surface area contributed by atoms with Crippen LogP contribution in [0.4, 0.5) is 4.39 Å². The number of carbonyl (C=O) groups is 1. The number of ether oxygens (including phenoxy) is 2. The minimum Gasteiger partial charge on any atom is -0.508 e. The number of aromatic hydroxyl groups is 1. The van der Waals surface area contributed by atoms with Crippen molar-refractivity contribution in [2.24, 2.45) is 0 Å². The fraction of sp³-hybridized carbons (Fsp3) is 0.179. The number of phenolic OH excluding ortho intramolecular Hbond substituents is 1. The summed E-state index contributed by atoms with van der Waals surface area (Å²) in [5, 5.41) is 14.0. The highest BCUT2D eigenvalue weighted by atomic mass is 32.1. The van der Waals surface area contributed by atoms with Crippen molar-refractivity contribution in [1.29, 1.82) is 0 Å². The van der Waals surface area contributed by atoms with Gasteiger partial charge in [0, 0.05) is 43.3 Å². The van der Waals surface area contributed by atoms with Crippen LogP contribution in [0.25, 0.3) is 20.5 Å². The highest BCUT2D eigenvalue weighted by molar-refractivity contribution is 7.22. The third-order valence-electron chi connectivity index (χ3n) is 5.29. The zero-order chi connectivity index (χ0) is 25.5. The fourth-order valence-corrected chi connectivity index (χ4v) is 4.58. The molecule has 1 heterocycles. The van der Waals surface area contributed by atoms with Gasteiger partial charge in [0.25, 0.3) is 0 Å². The number of nitrogens with zero attached hydrogens (tertiary/aromatic N) is 1. The molecular weight excluding hydrogens is 479 g/mol. The van der Waals surface area contributed by atoms with E-state index < -0.39 is 0 Å². The first kappa shape index (κ1) is 25.2. The fourth-order valence-electron chi connectivity index (χ4n) is 3.41. The van der Waals surface area contributed by atoms with E-state index in [0.717, 1.165) is 20.5 Å². The molecule has 0 atom stereocenters. The Morgan fingerprint density at radius 2 is 1.78 bits per heavy atom. The zero-order valence-corrected chi connectivity index (χ0v) is 20.8. The van der Waals surface area contributed by atoms with Crippen LogP contribution in [0, 0.1) is 5.82 Å². The van der Waals surface area contributed by atoms with Gasteiger partial charge in [-0.3, -0.25) is 4.79 Å². The molecular formula is C28H27FN2O4S. The summed E-state index contributed by atoms with van der Waals surface area (Å²) in [7, 11) is 3.42. The quantitative estimate of drug-likeness (QED) is 0.210. The van der Waals surface area contributed by atoms with Gasteiger partial charge in [0.2, 0.25) is 5.91 Å². The summed E-state index contributed by atoms with van der Waals surface area (Å²) in [6.07, 6.45) is 3.32. The van der Waals surface area contributed by atoms with Gasteiger partial charge in [0.05, 0.1) is 4.88 Å². The summed E-state index contributed by atoms with van der Waals surface area (Å²) < 4.78 is 26.4. The Bertz CT molecular complexity index is 1350. The van der Waals surface area contributed by atoms with Gasteiger partial charge in [-0.1, -0.05) is 18.2 Å². The van der Waals surface area contributed by atoms with Crippen molar-refractivity contribution < 1.29 is 23.8 Å². The Hall–Kier alpha value is -3.88. The molecule has 0 fully saturated rings. The van der Waals surface area contributed by atoms with E-state index in [4.69, 9.17) is 9.47 Å². The summed E-state index contributed by atoms with van der Waals surface area (Å²) in [5.74, 6) is 1.82. The van der Waals surface area contributed by atoms with E-state index >= 15 is 0 Å². The average Bonchev–Trinajstić information content (AvgIpc) is 3.21. The number of nitrogens with one attached hydrogen (secondary N) is 1. The molecule has 0 radical (unpaired) electrons. The maximum atomic E-state index is 13.5. The van der Waals surface area contributed by atoms with Crippen molar-refractivity contribution >= 4 is 27.3 Å². The molecule has 186 valence electrons. The highest BCUT2D eigenvalue weighted by Crippen LogP contribution is 2.47. The van der Waals surface area contributed by atoms with Gasteiger partial charge < -0.3 is 24.8 Å². The molecule has 1 amide bonds. The largest absolute Gasteiger partial charge is 0.508 e. The normalized spacial score (nSPS) is 11.2. The molecule has 0 spiro atoms. The van der Waals surface area contributed by atoms with Crippen molar-refractivity contribution in [3.8, 4) is 33.4 Å². The first-order valence-corrected chi connectivity index (χ1v) is 12.2. The second-order valence-corrected chi connectivity index (χ2v) is 9.26. The van der Waals surface area contributed by atoms with Crippen molar-refractivity contribution in [3.05, 3.63) is 84.7 Å². The van der Waals surface area contributed by atoms with Crippen LogP contribution in [0.2, 0.25) is 0 Å². The maximum Gasteiger partial charge on any atom is 0.245 e. The van der Waals surface area contributed by atoms with Crippen LogP contribution in [0.3, 0.4) is 0 Å². The standard InChI is InChI=1S/C28H27FN2O4S/c1-31(2)26(33)4-3-15-30-16-17-34-22-10-12-23(13-11-22)35-27-24-14-9-21(32)18-25(24)36-28(27)19-5-7-20(29)8-6-19/h3-14,18,30,32H,15-17H2,1-2H3/b4-3+. The molecule has 1 aromatic heterocycles.